The summed E-state index contributed by atoms with van der Waals surface area (Å²) in [5.41, 5.74) is 2.52. The van der Waals surface area contributed by atoms with E-state index in [2.05, 4.69) is 25.3 Å². The van der Waals surface area contributed by atoms with Gasteiger partial charge in [0.05, 0.1) is 18.8 Å². The first-order valence-corrected chi connectivity index (χ1v) is 7.10. The van der Waals surface area contributed by atoms with Gasteiger partial charge in [-0.05, 0) is 32.6 Å². The number of anilines is 1. The molecule has 2 aromatic rings. The van der Waals surface area contributed by atoms with E-state index in [4.69, 9.17) is 4.74 Å². The van der Waals surface area contributed by atoms with Gasteiger partial charge in [-0.25, -0.2) is 15.0 Å². The maximum absolute atomic E-state index is 5.35. The van der Waals surface area contributed by atoms with E-state index < -0.39 is 0 Å². The molecule has 0 radical (unpaired) electrons. The van der Waals surface area contributed by atoms with Gasteiger partial charge >= 0.3 is 0 Å². The molecule has 0 bridgehead atoms. The summed E-state index contributed by atoms with van der Waals surface area (Å²) < 4.78 is 5.35. The number of fused-ring (bicyclic) bond motifs is 1. The average Bonchev–Trinajstić information content (AvgIpc) is 2.89. The number of imidazole rings is 1. The standard InChI is InChI=1S/C14H19N5O/c1-2-20-14-7-12(16-9-17-14)15-8-13-18-10-5-3-4-6-11(10)19-13/h7,9H,2-6,8H2,1H3,(H,18,19)(H,15,16,17). The van der Waals surface area contributed by atoms with Gasteiger partial charge in [0, 0.05) is 11.8 Å². The van der Waals surface area contributed by atoms with Crippen molar-refractivity contribution in [3.05, 3.63) is 29.6 Å². The Morgan fingerprint density at radius 3 is 3.05 bits per heavy atom. The van der Waals surface area contributed by atoms with Crippen molar-refractivity contribution in [3.8, 4) is 5.88 Å². The van der Waals surface area contributed by atoms with E-state index in [1.54, 1.807) is 6.07 Å². The van der Waals surface area contributed by atoms with Gasteiger partial charge in [0.2, 0.25) is 5.88 Å². The van der Waals surface area contributed by atoms with Crippen LogP contribution in [-0.4, -0.2) is 26.5 Å². The quantitative estimate of drug-likeness (QED) is 0.872. The Morgan fingerprint density at radius 2 is 2.20 bits per heavy atom. The smallest absolute Gasteiger partial charge is 0.218 e. The van der Waals surface area contributed by atoms with E-state index in [0.29, 0.717) is 19.0 Å². The predicted molar refractivity (Wildman–Crippen MR) is 75.8 cm³/mol. The fourth-order valence-corrected chi connectivity index (χ4v) is 2.43. The Labute approximate surface area is 118 Å². The second-order valence-electron chi connectivity index (χ2n) is 4.84. The number of aromatic nitrogens is 4. The van der Waals surface area contributed by atoms with Crippen LogP contribution in [0.2, 0.25) is 0 Å². The zero-order valence-corrected chi connectivity index (χ0v) is 11.6. The summed E-state index contributed by atoms with van der Waals surface area (Å²) in [6.45, 7) is 3.17. The Morgan fingerprint density at radius 1 is 1.30 bits per heavy atom. The molecule has 1 aliphatic rings. The van der Waals surface area contributed by atoms with E-state index >= 15 is 0 Å². The minimum Gasteiger partial charge on any atom is -0.478 e. The normalized spacial score (nSPS) is 13.8. The molecular weight excluding hydrogens is 254 g/mol. The molecular formula is C14H19N5O. The maximum Gasteiger partial charge on any atom is 0.218 e. The Balaban J connectivity index is 1.64. The maximum atomic E-state index is 5.35. The van der Waals surface area contributed by atoms with Gasteiger partial charge in [0.25, 0.3) is 0 Å². The Bertz CT molecular complexity index is 557. The molecule has 0 saturated heterocycles. The molecule has 2 aromatic heterocycles. The number of H-pyrrole nitrogens is 1. The van der Waals surface area contributed by atoms with Crippen LogP contribution in [-0.2, 0) is 19.4 Å². The van der Waals surface area contributed by atoms with Crippen LogP contribution >= 0.6 is 0 Å². The average molecular weight is 273 g/mol. The molecule has 0 amide bonds. The van der Waals surface area contributed by atoms with Crippen LogP contribution in [0.25, 0.3) is 0 Å². The minimum atomic E-state index is 0.587. The van der Waals surface area contributed by atoms with Crippen molar-refractivity contribution in [1.82, 2.24) is 19.9 Å². The van der Waals surface area contributed by atoms with Crippen LogP contribution in [0.1, 0.15) is 37.0 Å². The van der Waals surface area contributed by atoms with Crippen molar-refractivity contribution in [2.75, 3.05) is 11.9 Å². The molecule has 0 aliphatic heterocycles. The molecule has 3 rings (SSSR count). The van der Waals surface area contributed by atoms with E-state index in [-0.39, 0.29) is 0 Å². The third-order valence-corrected chi connectivity index (χ3v) is 3.37. The topological polar surface area (TPSA) is 75.7 Å². The lowest BCUT2D eigenvalue weighted by Crippen LogP contribution is -2.04. The second kappa shape index (κ2) is 5.90. The lowest BCUT2D eigenvalue weighted by molar-refractivity contribution is 0.326. The summed E-state index contributed by atoms with van der Waals surface area (Å²) in [5.74, 6) is 2.30. The summed E-state index contributed by atoms with van der Waals surface area (Å²) in [7, 11) is 0. The van der Waals surface area contributed by atoms with Gasteiger partial charge in [0.1, 0.15) is 18.0 Å². The molecule has 0 atom stereocenters. The lowest BCUT2D eigenvalue weighted by Gasteiger charge is -2.07. The van der Waals surface area contributed by atoms with Crippen molar-refractivity contribution < 1.29 is 4.74 Å². The van der Waals surface area contributed by atoms with Crippen LogP contribution < -0.4 is 10.1 Å². The lowest BCUT2D eigenvalue weighted by atomic mass is 10.0. The van der Waals surface area contributed by atoms with E-state index in [1.165, 1.54) is 30.6 Å². The summed E-state index contributed by atoms with van der Waals surface area (Å²) >= 11 is 0. The summed E-state index contributed by atoms with van der Waals surface area (Å²) in [5, 5.41) is 3.24. The first-order valence-electron chi connectivity index (χ1n) is 7.10. The molecule has 106 valence electrons. The highest BCUT2D eigenvalue weighted by Crippen LogP contribution is 2.19. The first-order chi connectivity index (χ1) is 9.85. The number of aryl methyl sites for hydroxylation is 2. The van der Waals surface area contributed by atoms with Gasteiger partial charge in [-0.15, -0.1) is 0 Å². The van der Waals surface area contributed by atoms with Gasteiger partial charge < -0.3 is 15.0 Å². The van der Waals surface area contributed by atoms with Gasteiger partial charge in [-0.3, -0.25) is 0 Å². The van der Waals surface area contributed by atoms with Crippen LogP contribution in [0.4, 0.5) is 5.82 Å². The number of rotatable bonds is 5. The molecule has 20 heavy (non-hydrogen) atoms. The van der Waals surface area contributed by atoms with Crippen molar-refractivity contribution in [2.24, 2.45) is 0 Å². The number of hydrogen-bond donors (Lipinski definition) is 2. The zero-order valence-electron chi connectivity index (χ0n) is 11.6. The van der Waals surface area contributed by atoms with Crippen LogP contribution in [0.15, 0.2) is 12.4 Å². The van der Waals surface area contributed by atoms with Crippen molar-refractivity contribution >= 4 is 5.82 Å². The SMILES string of the molecule is CCOc1cc(NCc2nc3c([nH]2)CCCC3)ncn1. The fourth-order valence-electron chi connectivity index (χ4n) is 2.43. The van der Waals surface area contributed by atoms with Gasteiger partial charge in [-0.2, -0.15) is 0 Å². The molecule has 2 heterocycles. The van der Waals surface area contributed by atoms with Crippen molar-refractivity contribution in [1.29, 1.82) is 0 Å². The number of aromatic amines is 1. The van der Waals surface area contributed by atoms with Crippen molar-refractivity contribution in [2.45, 2.75) is 39.2 Å². The molecule has 0 saturated carbocycles. The van der Waals surface area contributed by atoms with Gasteiger partial charge in [-0.1, -0.05) is 0 Å². The highest BCUT2D eigenvalue weighted by Gasteiger charge is 2.14. The monoisotopic (exact) mass is 273 g/mol. The third kappa shape index (κ3) is 2.89. The van der Waals surface area contributed by atoms with E-state index in [9.17, 15) is 0 Å². The van der Waals surface area contributed by atoms with Crippen LogP contribution in [0.3, 0.4) is 0 Å². The molecule has 2 N–H and O–H groups in total. The summed E-state index contributed by atoms with van der Waals surface area (Å²) in [4.78, 5) is 16.2. The molecule has 1 aliphatic carbocycles. The zero-order chi connectivity index (χ0) is 13.8. The molecule has 0 aromatic carbocycles. The highest BCUT2D eigenvalue weighted by molar-refractivity contribution is 5.37. The first kappa shape index (κ1) is 12.9. The van der Waals surface area contributed by atoms with E-state index in [1.807, 2.05) is 6.92 Å². The fraction of sp³-hybridized carbons (Fsp3) is 0.500. The predicted octanol–water partition coefficient (Wildman–Crippen LogP) is 2.09. The molecule has 6 nitrogen and oxygen atoms in total. The molecule has 0 spiro atoms. The number of ether oxygens (including phenoxy) is 1. The molecule has 0 fully saturated rings. The van der Waals surface area contributed by atoms with Crippen LogP contribution in [0, 0.1) is 0 Å². The molecule has 6 heteroatoms. The largest absolute Gasteiger partial charge is 0.478 e. The van der Waals surface area contributed by atoms with E-state index in [0.717, 1.165) is 24.5 Å². The second-order valence-corrected chi connectivity index (χ2v) is 4.84. The minimum absolute atomic E-state index is 0.587. The van der Waals surface area contributed by atoms with Gasteiger partial charge in [0.15, 0.2) is 0 Å². The highest BCUT2D eigenvalue weighted by atomic mass is 16.5. The number of nitrogens with one attached hydrogen (secondary N) is 2. The number of hydrogen-bond acceptors (Lipinski definition) is 5. The van der Waals surface area contributed by atoms with Crippen LogP contribution in [0.5, 0.6) is 5.88 Å². The summed E-state index contributed by atoms with van der Waals surface area (Å²) in [6, 6.07) is 1.80. The Hall–Kier alpha value is -2.11. The summed E-state index contributed by atoms with van der Waals surface area (Å²) in [6.07, 6.45) is 6.21. The Kier molecular flexibility index (Phi) is 3.80. The molecule has 0 unspecified atom stereocenters. The number of nitrogens with zero attached hydrogens (tertiary/aromatic N) is 3. The van der Waals surface area contributed by atoms with Crippen molar-refractivity contribution in [3.63, 3.8) is 0 Å². The third-order valence-electron chi connectivity index (χ3n) is 3.37.